The van der Waals surface area contributed by atoms with Crippen molar-refractivity contribution >= 4 is 34.1 Å². The summed E-state index contributed by atoms with van der Waals surface area (Å²) in [6.07, 6.45) is 0.210. The van der Waals surface area contributed by atoms with Gasteiger partial charge in [0.1, 0.15) is 5.75 Å². The van der Waals surface area contributed by atoms with Crippen LogP contribution in [0.2, 0.25) is 0 Å². The molecule has 0 radical (unpaired) electrons. The number of benzene rings is 1. The molecule has 0 spiro atoms. The fraction of sp³-hybridized carbons (Fsp3) is 0.222. The monoisotopic (exact) mass is 418 g/mol. The summed E-state index contributed by atoms with van der Waals surface area (Å²) in [6.45, 7) is 2.55. The van der Waals surface area contributed by atoms with Gasteiger partial charge in [0.05, 0.1) is 18.4 Å². The molecule has 0 saturated heterocycles. The number of hydrogen-bond donors (Lipinski definition) is 3. The number of thiazole rings is 1. The third-order valence-corrected chi connectivity index (χ3v) is 5.12. The van der Waals surface area contributed by atoms with Gasteiger partial charge in [0.2, 0.25) is 11.8 Å². The maximum Gasteiger partial charge on any atom is 0.255 e. The lowest BCUT2D eigenvalue weighted by Crippen LogP contribution is -2.12. The second kappa shape index (κ2) is 9.38. The number of carbonyl (C=O) groups is 1. The highest BCUT2D eigenvalue weighted by molar-refractivity contribution is 7.99. The number of ether oxygens (including phenoxy) is 1. The normalized spacial score (nSPS) is 10.6. The van der Waals surface area contributed by atoms with E-state index in [1.54, 1.807) is 0 Å². The van der Waals surface area contributed by atoms with Gasteiger partial charge in [-0.2, -0.15) is 4.98 Å². The largest absolute Gasteiger partial charge is 0.494 e. The molecule has 3 rings (SSSR count). The van der Waals surface area contributed by atoms with E-state index in [0.29, 0.717) is 17.5 Å². The van der Waals surface area contributed by atoms with Crippen LogP contribution in [-0.2, 0) is 4.79 Å². The molecule has 0 fully saturated rings. The molecule has 10 heteroatoms. The van der Waals surface area contributed by atoms with Gasteiger partial charge in [0, 0.05) is 23.1 Å². The van der Waals surface area contributed by atoms with Crippen molar-refractivity contribution in [1.29, 1.82) is 0 Å². The molecular formula is C18H18N4O4S2. The highest BCUT2D eigenvalue weighted by atomic mass is 32.2. The van der Waals surface area contributed by atoms with E-state index in [4.69, 9.17) is 4.74 Å². The fourth-order valence-corrected chi connectivity index (χ4v) is 3.81. The van der Waals surface area contributed by atoms with Crippen molar-refractivity contribution in [1.82, 2.24) is 15.0 Å². The molecule has 3 aromatic rings. The third kappa shape index (κ3) is 5.57. The number of carbonyl (C=O) groups excluding carboxylic acids is 1. The Hall–Kier alpha value is -2.85. The second-order valence-corrected chi connectivity index (χ2v) is 7.49. The van der Waals surface area contributed by atoms with Crippen molar-refractivity contribution in [3.05, 3.63) is 46.1 Å². The van der Waals surface area contributed by atoms with Gasteiger partial charge < -0.3 is 20.1 Å². The standard InChI is InChI=1S/C18H18N4O4S2/c1-2-26-12-5-3-11(4-6-12)13-10-28-17(19-13)20-14(23)7-8-27-18-21-15(24)9-16(25)22-18/h3-6,9-10H,2,7-8H2,1H3,(H,19,20,23)(H2,21,22,24,25). The number of nitrogens with zero attached hydrogens (tertiary/aromatic N) is 2. The van der Waals surface area contributed by atoms with Crippen molar-refractivity contribution in [2.75, 3.05) is 17.7 Å². The van der Waals surface area contributed by atoms with Crippen molar-refractivity contribution in [3.63, 3.8) is 0 Å². The number of nitrogens with one attached hydrogen (secondary N) is 2. The van der Waals surface area contributed by atoms with Gasteiger partial charge in [-0.25, -0.2) is 4.98 Å². The molecule has 1 aromatic carbocycles. The molecule has 0 atom stereocenters. The highest BCUT2D eigenvalue weighted by Crippen LogP contribution is 2.26. The predicted octanol–water partition coefficient (Wildman–Crippen LogP) is 3.12. The minimum absolute atomic E-state index is 0.192. The van der Waals surface area contributed by atoms with E-state index >= 15 is 0 Å². The van der Waals surface area contributed by atoms with Gasteiger partial charge >= 0.3 is 0 Å². The summed E-state index contributed by atoms with van der Waals surface area (Å²) >= 11 is 2.53. The summed E-state index contributed by atoms with van der Waals surface area (Å²) in [6, 6.07) is 8.60. The summed E-state index contributed by atoms with van der Waals surface area (Å²) in [5.74, 6) is 0.660. The van der Waals surface area contributed by atoms with Crippen molar-refractivity contribution in [2.45, 2.75) is 18.5 Å². The number of H-pyrrole nitrogens is 1. The molecule has 146 valence electrons. The van der Waals surface area contributed by atoms with Gasteiger partial charge in [-0.3, -0.25) is 9.59 Å². The molecule has 1 amide bonds. The van der Waals surface area contributed by atoms with Crippen LogP contribution in [-0.4, -0.2) is 38.3 Å². The number of hydrogen-bond acceptors (Lipinski definition) is 8. The number of aromatic nitrogens is 3. The Labute approximate surface area is 169 Å². The lowest BCUT2D eigenvalue weighted by atomic mass is 10.2. The summed E-state index contributed by atoms with van der Waals surface area (Å²) in [4.78, 5) is 34.0. The lowest BCUT2D eigenvalue weighted by molar-refractivity contribution is -0.115. The summed E-state index contributed by atoms with van der Waals surface area (Å²) in [5, 5.41) is 14.7. The number of rotatable bonds is 8. The molecule has 0 aliphatic rings. The van der Waals surface area contributed by atoms with Crippen LogP contribution in [0.5, 0.6) is 11.6 Å². The maximum absolute atomic E-state index is 12.1. The van der Waals surface area contributed by atoms with E-state index in [0.717, 1.165) is 23.1 Å². The van der Waals surface area contributed by atoms with E-state index in [1.807, 2.05) is 36.6 Å². The Bertz CT molecular complexity index is 1000. The van der Waals surface area contributed by atoms with Gasteiger partial charge in [-0.15, -0.1) is 11.3 Å². The topological polar surface area (TPSA) is 117 Å². The SMILES string of the molecule is CCOc1ccc(-c2csc(NC(=O)CCSc3nc(O)cc(=O)[nH]3)n2)cc1. The Morgan fingerprint density at radius 2 is 2.11 bits per heavy atom. The first-order chi connectivity index (χ1) is 13.5. The number of aromatic amines is 1. The van der Waals surface area contributed by atoms with E-state index in [1.165, 1.54) is 23.1 Å². The molecule has 0 saturated carbocycles. The minimum atomic E-state index is -0.441. The summed E-state index contributed by atoms with van der Waals surface area (Å²) < 4.78 is 5.42. The van der Waals surface area contributed by atoms with Crippen LogP contribution in [0, 0.1) is 0 Å². The van der Waals surface area contributed by atoms with Gasteiger partial charge in [-0.1, -0.05) is 11.8 Å². The zero-order valence-electron chi connectivity index (χ0n) is 15.0. The van der Waals surface area contributed by atoms with E-state index in [9.17, 15) is 14.7 Å². The Morgan fingerprint density at radius 3 is 2.82 bits per heavy atom. The average Bonchev–Trinajstić information content (AvgIpc) is 3.10. The molecule has 28 heavy (non-hydrogen) atoms. The van der Waals surface area contributed by atoms with Gasteiger partial charge in [0.25, 0.3) is 5.56 Å². The number of thioether (sulfide) groups is 1. The Morgan fingerprint density at radius 1 is 1.32 bits per heavy atom. The molecule has 2 aromatic heterocycles. The Balaban J connectivity index is 1.51. The molecule has 0 aliphatic heterocycles. The van der Waals surface area contributed by atoms with Crippen LogP contribution in [0.3, 0.4) is 0 Å². The zero-order valence-corrected chi connectivity index (χ0v) is 16.6. The number of amides is 1. The molecule has 0 unspecified atom stereocenters. The minimum Gasteiger partial charge on any atom is -0.494 e. The predicted molar refractivity (Wildman–Crippen MR) is 109 cm³/mol. The van der Waals surface area contributed by atoms with Crippen molar-refractivity contribution in [3.8, 4) is 22.9 Å². The molecule has 0 aliphatic carbocycles. The van der Waals surface area contributed by atoms with Gasteiger partial charge in [-0.05, 0) is 31.2 Å². The van der Waals surface area contributed by atoms with Crippen molar-refractivity contribution in [2.24, 2.45) is 0 Å². The zero-order chi connectivity index (χ0) is 19.9. The van der Waals surface area contributed by atoms with Crippen LogP contribution < -0.4 is 15.6 Å². The van der Waals surface area contributed by atoms with Crippen LogP contribution in [0.1, 0.15) is 13.3 Å². The van der Waals surface area contributed by atoms with Crippen molar-refractivity contribution < 1.29 is 14.6 Å². The first-order valence-electron chi connectivity index (χ1n) is 8.45. The number of aromatic hydroxyl groups is 1. The van der Waals surface area contributed by atoms with E-state index < -0.39 is 5.56 Å². The van der Waals surface area contributed by atoms with Crippen LogP contribution >= 0.6 is 23.1 Å². The second-order valence-electron chi connectivity index (χ2n) is 5.55. The number of anilines is 1. The fourth-order valence-electron chi connectivity index (χ4n) is 2.27. The summed E-state index contributed by atoms with van der Waals surface area (Å²) in [5.41, 5.74) is 1.28. The molecule has 2 heterocycles. The molecule has 0 bridgehead atoms. The van der Waals surface area contributed by atoms with Crippen LogP contribution in [0.4, 0.5) is 5.13 Å². The Kier molecular flexibility index (Phi) is 6.66. The lowest BCUT2D eigenvalue weighted by Gasteiger charge is -2.03. The van der Waals surface area contributed by atoms with E-state index in [-0.39, 0.29) is 23.4 Å². The first kappa shape index (κ1) is 19.9. The summed E-state index contributed by atoms with van der Waals surface area (Å²) in [7, 11) is 0. The maximum atomic E-state index is 12.1. The van der Waals surface area contributed by atoms with Crippen LogP contribution in [0.15, 0.2) is 45.7 Å². The average molecular weight is 419 g/mol. The molecule has 8 nitrogen and oxygen atoms in total. The quantitative estimate of drug-likeness (QED) is 0.380. The molecule has 3 N–H and O–H groups in total. The third-order valence-electron chi connectivity index (χ3n) is 3.49. The van der Waals surface area contributed by atoms with Gasteiger partial charge in [0.15, 0.2) is 10.3 Å². The van der Waals surface area contributed by atoms with Crippen LogP contribution in [0.25, 0.3) is 11.3 Å². The smallest absolute Gasteiger partial charge is 0.255 e. The van der Waals surface area contributed by atoms with E-state index in [2.05, 4.69) is 20.3 Å². The molecular weight excluding hydrogens is 400 g/mol. The first-order valence-corrected chi connectivity index (χ1v) is 10.3. The highest BCUT2D eigenvalue weighted by Gasteiger charge is 2.09.